The number of benzene rings is 1. The number of nitrogens with zero attached hydrogens (tertiary/aromatic N) is 3. The van der Waals surface area contributed by atoms with Crippen molar-refractivity contribution in [2.24, 2.45) is 0 Å². The minimum Gasteiger partial charge on any atom is -0.507 e. The minimum absolute atomic E-state index is 0.0944. The van der Waals surface area contributed by atoms with Crippen molar-refractivity contribution in [2.75, 3.05) is 0 Å². The first-order valence-electron chi connectivity index (χ1n) is 6.66. The molecule has 6 heteroatoms. The summed E-state index contributed by atoms with van der Waals surface area (Å²) in [6, 6.07) is 5.28. The third-order valence-corrected chi connectivity index (χ3v) is 3.11. The van der Waals surface area contributed by atoms with Crippen LogP contribution in [-0.2, 0) is 16.8 Å². The molecule has 0 aliphatic rings. The van der Waals surface area contributed by atoms with Crippen molar-refractivity contribution in [3.05, 3.63) is 29.6 Å². The molecule has 0 aliphatic heterocycles. The van der Waals surface area contributed by atoms with Crippen molar-refractivity contribution >= 4 is 5.97 Å². The summed E-state index contributed by atoms with van der Waals surface area (Å²) in [7, 11) is 0. The van der Waals surface area contributed by atoms with E-state index in [0.29, 0.717) is 22.8 Å². The van der Waals surface area contributed by atoms with Crippen LogP contribution in [0, 0.1) is 6.92 Å². The van der Waals surface area contributed by atoms with Crippen LogP contribution in [0.3, 0.4) is 0 Å². The van der Waals surface area contributed by atoms with Crippen LogP contribution in [0.4, 0.5) is 0 Å². The molecule has 2 aromatic rings. The van der Waals surface area contributed by atoms with Crippen LogP contribution < -0.4 is 0 Å². The third kappa shape index (κ3) is 3.04. The van der Waals surface area contributed by atoms with Gasteiger partial charge in [0.25, 0.3) is 0 Å². The lowest BCUT2D eigenvalue weighted by atomic mass is 9.96. The van der Waals surface area contributed by atoms with Gasteiger partial charge in [0.05, 0.1) is 5.56 Å². The molecule has 0 saturated heterocycles. The molecule has 2 N–H and O–H groups in total. The Bertz CT molecular complexity index is 684. The van der Waals surface area contributed by atoms with Crippen molar-refractivity contribution in [1.82, 2.24) is 14.8 Å². The molecule has 21 heavy (non-hydrogen) atoms. The molecule has 112 valence electrons. The number of phenolic OH excluding ortho intramolecular Hbond substituents is 1. The zero-order valence-corrected chi connectivity index (χ0v) is 12.6. The van der Waals surface area contributed by atoms with E-state index < -0.39 is 5.97 Å². The first-order valence-corrected chi connectivity index (χ1v) is 6.66. The molecule has 1 aromatic carbocycles. The van der Waals surface area contributed by atoms with Gasteiger partial charge in [0.1, 0.15) is 12.3 Å². The molecule has 0 amide bonds. The van der Waals surface area contributed by atoms with E-state index in [-0.39, 0.29) is 17.7 Å². The van der Waals surface area contributed by atoms with E-state index in [2.05, 4.69) is 10.1 Å². The van der Waals surface area contributed by atoms with E-state index >= 15 is 0 Å². The van der Waals surface area contributed by atoms with Gasteiger partial charge in [-0.1, -0.05) is 32.9 Å². The monoisotopic (exact) mass is 289 g/mol. The number of aryl methyl sites for hydroxylation is 1. The maximum atomic E-state index is 11.0. The normalized spacial score (nSPS) is 11.6. The van der Waals surface area contributed by atoms with Gasteiger partial charge in [-0.25, -0.2) is 9.67 Å². The zero-order chi connectivity index (χ0) is 15.8. The second-order valence-electron chi connectivity index (χ2n) is 6.03. The van der Waals surface area contributed by atoms with E-state index in [0.717, 1.165) is 0 Å². The standard InChI is InChI=1S/C15H19N3O3/c1-9-6-5-7-10(12(9)21)13-16-14(15(2,3)4)17-18(13)8-11(19)20/h5-7,21H,8H2,1-4H3,(H,19,20). The van der Waals surface area contributed by atoms with Crippen molar-refractivity contribution in [1.29, 1.82) is 0 Å². The van der Waals surface area contributed by atoms with Crippen molar-refractivity contribution in [3.8, 4) is 17.1 Å². The predicted molar refractivity (Wildman–Crippen MR) is 78.2 cm³/mol. The number of aromatic hydroxyl groups is 1. The lowest BCUT2D eigenvalue weighted by Crippen LogP contribution is -2.15. The van der Waals surface area contributed by atoms with E-state index in [4.69, 9.17) is 5.11 Å². The predicted octanol–water partition coefficient (Wildman–Crippen LogP) is 2.34. The average molecular weight is 289 g/mol. The van der Waals surface area contributed by atoms with Gasteiger partial charge in [-0.3, -0.25) is 4.79 Å². The highest BCUT2D eigenvalue weighted by Gasteiger charge is 2.24. The fraction of sp³-hybridized carbons (Fsp3) is 0.400. The number of hydrogen-bond donors (Lipinski definition) is 2. The van der Waals surface area contributed by atoms with Gasteiger partial charge in [0.15, 0.2) is 11.6 Å². The summed E-state index contributed by atoms with van der Waals surface area (Å²) in [5.41, 5.74) is 0.881. The molecule has 0 unspecified atom stereocenters. The van der Waals surface area contributed by atoms with Gasteiger partial charge < -0.3 is 10.2 Å². The van der Waals surface area contributed by atoms with Gasteiger partial charge in [0, 0.05) is 5.41 Å². The fourth-order valence-electron chi connectivity index (χ4n) is 1.94. The highest BCUT2D eigenvalue weighted by atomic mass is 16.4. The first kappa shape index (κ1) is 15.0. The molecule has 1 aromatic heterocycles. The summed E-state index contributed by atoms with van der Waals surface area (Å²) < 4.78 is 1.32. The topological polar surface area (TPSA) is 88.2 Å². The SMILES string of the molecule is Cc1cccc(-c2nc(C(C)(C)C)nn2CC(=O)O)c1O. The number of aromatic nitrogens is 3. The van der Waals surface area contributed by atoms with Crippen LogP contribution >= 0.6 is 0 Å². The molecule has 0 radical (unpaired) electrons. The van der Waals surface area contributed by atoms with E-state index in [1.807, 2.05) is 20.8 Å². The molecule has 0 atom stereocenters. The van der Waals surface area contributed by atoms with Crippen LogP contribution in [0.5, 0.6) is 5.75 Å². The van der Waals surface area contributed by atoms with Crippen LogP contribution in [0.2, 0.25) is 0 Å². The number of carboxylic acids is 1. The molecule has 2 rings (SSSR count). The third-order valence-electron chi connectivity index (χ3n) is 3.11. The minimum atomic E-state index is -1.01. The fourth-order valence-corrected chi connectivity index (χ4v) is 1.94. The maximum absolute atomic E-state index is 11.0. The number of phenols is 1. The maximum Gasteiger partial charge on any atom is 0.325 e. The number of carboxylic acid groups (broad SMARTS) is 1. The van der Waals surface area contributed by atoms with Crippen LogP contribution in [0.15, 0.2) is 18.2 Å². The number of rotatable bonds is 3. The van der Waals surface area contributed by atoms with Gasteiger partial charge in [0.2, 0.25) is 0 Å². The number of para-hydroxylation sites is 1. The molecule has 1 heterocycles. The summed E-state index contributed by atoms with van der Waals surface area (Å²) in [6.07, 6.45) is 0. The number of hydrogen-bond acceptors (Lipinski definition) is 4. The smallest absolute Gasteiger partial charge is 0.325 e. The molecule has 6 nitrogen and oxygen atoms in total. The largest absolute Gasteiger partial charge is 0.507 e. The van der Waals surface area contributed by atoms with Crippen molar-refractivity contribution in [3.63, 3.8) is 0 Å². The second kappa shape index (κ2) is 5.20. The molecular weight excluding hydrogens is 270 g/mol. The van der Waals surface area contributed by atoms with Crippen LogP contribution in [0.1, 0.15) is 32.2 Å². The van der Waals surface area contributed by atoms with Gasteiger partial charge in [-0.2, -0.15) is 5.10 Å². The Labute approximate surface area is 123 Å². The Hall–Kier alpha value is -2.37. The Morgan fingerprint density at radius 3 is 2.57 bits per heavy atom. The zero-order valence-electron chi connectivity index (χ0n) is 12.6. The highest BCUT2D eigenvalue weighted by Crippen LogP contribution is 2.32. The molecule has 0 bridgehead atoms. The van der Waals surface area contributed by atoms with E-state index in [1.54, 1.807) is 25.1 Å². The van der Waals surface area contributed by atoms with Crippen LogP contribution in [-0.4, -0.2) is 30.9 Å². The lowest BCUT2D eigenvalue weighted by molar-refractivity contribution is -0.137. The highest BCUT2D eigenvalue weighted by molar-refractivity contribution is 5.70. The molecule has 0 aliphatic carbocycles. The molecular formula is C15H19N3O3. The summed E-state index contributed by atoms with van der Waals surface area (Å²) in [5.74, 6) is -0.00562. The Morgan fingerprint density at radius 2 is 2.00 bits per heavy atom. The van der Waals surface area contributed by atoms with Crippen molar-refractivity contribution in [2.45, 2.75) is 39.7 Å². The summed E-state index contributed by atoms with van der Waals surface area (Å²) in [5, 5.41) is 23.5. The Balaban J connectivity index is 2.63. The Morgan fingerprint density at radius 1 is 1.33 bits per heavy atom. The Kier molecular flexibility index (Phi) is 3.72. The van der Waals surface area contributed by atoms with Gasteiger partial charge >= 0.3 is 5.97 Å². The summed E-state index contributed by atoms with van der Waals surface area (Å²) >= 11 is 0. The number of aliphatic carboxylic acids is 1. The number of carbonyl (C=O) groups is 1. The van der Waals surface area contributed by atoms with Gasteiger partial charge in [-0.05, 0) is 18.6 Å². The van der Waals surface area contributed by atoms with E-state index in [1.165, 1.54) is 4.68 Å². The summed E-state index contributed by atoms with van der Waals surface area (Å²) in [6.45, 7) is 7.33. The van der Waals surface area contributed by atoms with Crippen molar-refractivity contribution < 1.29 is 15.0 Å². The first-order chi connectivity index (χ1) is 9.70. The molecule has 0 spiro atoms. The average Bonchev–Trinajstić information content (AvgIpc) is 2.75. The molecule has 0 fully saturated rings. The van der Waals surface area contributed by atoms with E-state index in [9.17, 15) is 9.90 Å². The summed E-state index contributed by atoms with van der Waals surface area (Å²) in [4.78, 5) is 15.4. The quantitative estimate of drug-likeness (QED) is 0.905. The second-order valence-corrected chi connectivity index (χ2v) is 6.03. The molecule has 0 saturated carbocycles. The lowest BCUT2D eigenvalue weighted by Gasteiger charge is -2.12. The van der Waals surface area contributed by atoms with Crippen LogP contribution in [0.25, 0.3) is 11.4 Å². The van der Waals surface area contributed by atoms with Gasteiger partial charge in [-0.15, -0.1) is 0 Å².